The summed E-state index contributed by atoms with van der Waals surface area (Å²) in [5, 5.41) is 9.16. The number of nitrogens with zero attached hydrogens (tertiary/aromatic N) is 1. The van der Waals surface area contributed by atoms with Crippen LogP contribution in [0.2, 0.25) is 15.1 Å². The molecule has 1 atom stereocenters. The summed E-state index contributed by atoms with van der Waals surface area (Å²) in [4.78, 5) is 10.9. The number of carbonyl (C=O) groups is 1. The monoisotopic (exact) mass is 357 g/mol. The van der Waals surface area contributed by atoms with Crippen LogP contribution < -0.4 is 0 Å². The van der Waals surface area contributed by atoms with Crippen LogP contribution in [0.15, 0.2) is 17.0 Å². The van der Waals surface area contributed by atoms with Crippen molar-refractivity contribution < 1.29 is 18.3 Å². The highest BCUT2D eigenvalue weighted by atomic mass is 35.5. The summed E-state index contributed by atoms with van der Waals surface area (Å²) in [7, 11) is -4.03. The van der Waals surface area contributed by atoms with Crippen LogP contribution in [-0.4, -0.2) is 36.4 Å². The van der Waals surface area contributed by atoms with Crippen LogP contribution >= 0.6 is 34.8 Å². The van der Waals surface area contributed by atoms with E-state index in [9.17, 15) is 13.2 Å². The first-order valence-corrected chi connectivity index (χ1v) is 8.21. The van der Waals surface area contributed by atoms with E-state index in [4.69, 9.17) is 39.9 Å². The lowest BCUT2D eigenvalue weighted by Gasteiger charge is -2.21. The second-order valence-corrected chi connectivity index (χ2v) is 7.39. The van der Waals surface area contributed by atoms with Gasteiger partial charge in [-0.05, 0) is 25.0 Å². The first-order valence-electron chi connectivity index (χ1n) is 5.64. The van der Waals surface area contributed by atoms with Gasteiger partial charge in [0, 0.05) is 6.54 Å². The number of hydrogen-bond donors (Lipinski definition) is 1. The van der Waals surface area contributed by atoms with Crippen molar-refractivity contribution in [2.75, 3.05) is 6.54 Å². The third kappa shape index (κ3) is 2.76. The summed E-state index contributed by atoms with van der Waals surface area (Å²) >= 11 is 17.5. The van der Waals surface area contributed by atoms with Crippen molar-refractivity contribution in [3.63, 3.8) is 0 Å². The van der Waals surface area contributed by atoms with Gasteiger partial charge in [-0.2, -0.15) is 4.31 Å². The fraction of sp³-hybridized carbons (Fsp3) is 0.364. The molecule has 0 aromatic heterocycles. The largest absolute Gasteiger partial charge is 0.480 e. The Morgan fingerprint density at radius 2 is 1.80 bits per heavy atom. The van der Waals surface area contributed by atoms with Gasteiger partial charge in [0.1, 0.15) is 10.9 Å². The Balaban J connectivity index is 2.50. The molecular formula is C11H10Cl3NO4S. The molecule has 1 aromatic carbocycles. The molecule has 0 amide bonds. The SMILES string of the molecule is O=C(O)C1CCCN1S(=O)(=O)c1cc(Cl)c(Cl)cc1Cl. The molecule has 1 saturated heterocycles. The van der Waals surface area contributed by atoms with E-state index in [1.807, 2.05) is 0 Å². The molecule has 2 rings (SSSR count). The number of rotatable bonds is 3. The predicted octanol–water partition coefficient (Wildman–Crippen LogP) is 2.88. The lowest BCUT2D eigenvalue weighted by Crippen LogP contribution is -2.40. The number of sulfonamides is 1. The van der Waals surface area contributed by atoms with E-state index >= 15 is 0 Å². The lowest BCUT2D eigenvalue weighted by molar-refractivity contribution is -0.140. The van der Waals surface area contributed by atoms with E-state index in [0.717, 1.165) is 10.4 Å². The summed E-state index contributed by atoms with van der Waals surface area (Å²) in [6, 6.07) is 1.29. The van der Waals surface area contributed by atoms with E-state index in [0.29, 0.717) is 6.42 Å². The zero-order valence-corrected chi connectivity index (χ0v) is 13.1. The highest BCUT2D eigenvalue weighted by Gasteiger charge is 2.40. The quantitative estimate of drug-likeness (QED) is 0.843. The Morgan fingerprint density at radius 1 is 1.20 bits per heavy atom. The van der Waals surface area contributed by atoms with Crippen LogP contribution in [0.25, 0.3) is 0 Å². The van der Waals surface area contributed by atoms with E-state index in [1.165, 1.54) is 6.07 Å². The van der Waals surface area contributed by atoms with Crippen LogP contribution in [0, 0.1) is 0 Å². The fourth-order valence-electron chi connectivity index (χ4n) is 2.10. The standard InChI is InChI=1S/C11H10Cl3NO4S/c12-6-4-8(14)10(5-7(6)13)20(18,19)15-3-1-2-9(15)11(16)17/h4-5,9H,1-3H2,(H,16,17). The van der Waals surface area contributed by atoms with Crippen LogP contribution in [-0.2, 0) is 14.8 Å². The van der Waals surface area contributed by atoms with Crippen molar-refractivity contribution in [2.24, 2.45) is 0 Å². The van der Waals surface area contributed by atoms with Gasteiger partial charge >= 0.3 is 5.97 Å². The molecule has 0 spiro atoms. The normalized spacial score (nSPS) is 20.2. The molecule has 1 aliphatic heterocycles. The van der Waals surface area contributed by atoms with E-state index in [2.05, 4.69) is 0 Å². The van der Waals surface area contributed by atoms with Crippen molar-refractivity contribution >= 4 is 50.8 Å². The molecule has 1 aromatic rings. The number of benzene rings is 1. The second-order valence-electron chi connectivity index (χ2n) is 4.31. The van der Waals surface area contributed by atoms with Gasteiger partial charge in [0.25, 0.3) is 0 Å². The van der Waals surface area contributed by atoms with Crippen molar-refractivity contribution in [3.05, 3.63) is 27.2 Å². The minimum atomic E-state index is -4.03. The van der Waals surface area contributed by atoms with Crippen LogP contribution in [0.3, 0.4) is 0 Å². The summed E-state index contributed by atoms with van der Waals surface area (Å²) in [6.07, 6.45) is 0.753. The first kappa shape index (κ1) is 15.9. The van der Waals surface area contributed by atoms with Gasteiger partial charge in [-0.1, -0.05) is 34.8 Å². The van der Waals surface area contributed by atoms with E-state index in [1.54, 1.807) is 0 Å². The molecule has 5 nitrogen and oxygen atoms in total. The number of halogens is 3. The molecule has 0 aliphatic carbocycles. The topological polar surface area (TPSA) is 74.7 Å². The molecule has 0 saturated carbocycles. The van der Waals surface area contributed by atoms with Gasteiger partial charge in [-0.15, -0.1) is 0 Å². The number of carboxylic acids is 1. The smallest absolute Gasteiger partial charge is 0.322 e. The predicted molar refractivity (Wildman–Crippen MR) is 76.0 cm³/mol. The molecule has 0 radical (unpaired) electrons. The number of aliphatic carboxylic acids is 1. The van der Waals surface area contributed by atoms with Crippen molar-refractivity contribution in [2.45, 2.75) is 23.8 Å². The van der Waals surface area contributed by atoms with E-state index < -0.39 is 22.0 Å². The summed E-state index contributed by atoms with van der Waals surface area (Å²) in [6.45, 7) is 0.135. The molecule has 1 N–H and O–H groups in total. The Hall–Kier alpha value is -0.530. The Kier molecular flexibility index (Phi) is 4.51. The average Bonchev–Trinajstić information content (AvgIpc) is 2.83. The molecule has 1 fully saturated rings. The molecule has 20 heavy (non-hydrogen) atoms. The van der Waals surface area contributed by atoms with Gasteiger partial charge < -0.3 is 5.11 Å². The van der Waals surface area contributed by atoms with E-state index in [-0.39, 0.29) is 32.9 Å². The maximum absolute atomic E-state index is 12.5. The minimum absolute atomic E-state index is 0.0423. The van der Waals surface area contributed by atoms with Gasteiger partial charge in [0.2, 0.25) is 10.0 Å². The van der Waals surface area contributed by atoms with Gasteiger partial charge in [-0.25, -0.2) is 8.42 Å². The summed E-state index contributed by atoms with van der Waals surface area (Å²) < 4.78 is 26.0. The highest BCUT2D eigenvalue weighted by Crippen LogP contribution is 2.35. The molecule has 110 valence electrons. The molecule has 1 unspecified atom stereocenters. The summed E-state index contributed by atoms with van der Waals surface area (Å²) in [5.74, 6) is -1.18. The zero-order chi connectivity index (χ0) is 15.1. The molecular weight excluding hydrogens is 349 g/mol. The van der Waals surface area contributed by atoms with Gasteiger partial charge in [0.15, 0.2) is 0 Å². The highest BCUT2D eigenvalue weighted by molar-refractivity contribution is 7.89. The zero-order valence-electron chi connectivity index (χ0n) is 10.0. The molecule has 9 heteroatoms. The Morgan fingerprint density at radius 3 is 2.40 bits per heavy atom. The second kappa shape index (κ2) is 5.69. The Labute approximate surface area is 131 Å². The lowest BCUT2D eigenvalue weighted by atomic mass is 10.2. The molecule has 1 heterocycles. The number of hydrogen-bond acceptors (Lipinski definition) is 3. The maximum atomic E-state index is 12.5. The van der Waals surface area contributed by atoms with Gasteiger partial charge in [0.05, 0.1) is 15.1 Å². The van der Waals surface area contributed by atoms with Crippen molar-refractivity contribution in [3.8, 4) is 0 Å². The third-order valence-corrected chi connectivity index (χ3v) is 6.15. The van der Waals surface area contributed by atoms with Gasteiger partial charge in [-0.3, -0.25) is 4.79 Å². The van der Waals surface area contributed by atoms with Crippen molar-refractivity contribution in [1.29, 1.82) is 0 Å². The molecule has 0 bridgehead atoms. The van der Waals surface area contributed by atoms with Crippen LogP contribution in [0.5, 0.6) is 0 Å². The fourth-order valence-corrected chi connectivity index (χ4v) is 4.73. The molecule has 1 aliphatic rings. The third-order valence-electron chi connectivity index (χ3n) is 3.05. The first-order chi connectivity index (χ1) is 9.25. The van der Waals surface area contributed by atoms with Crippen molar-refractivity contribution in [1.82, 2.24) is 4.31 Å². The van der Waals surface area contributed by atoms with Crippen LogP contribution in [0.1, 0.15) is 12.8 Å². The number of carboxylic acid groups (broad SMARTS) is 1. The maximum Gasteiger partial charge on any atom is 0.322 e. The van der Waals surface area contributed by atoms with Crippen LogP contribution in [0.4, 0.5) is 0 Å². The minimum Gasteiger partial charge on any atom is -0.480 e. The Bertz CT molecular complexity index is 662. The average molecular weight is 359 g/mol. The summed E-state index contributed by atoms with van der Waals surface area (Å²) in [5.41, 5.74) is 0.